The van der Waals surface area contributed by atoms with Crippen molar-refractivity contribution in [2.24, 2.45) is 5.73 Å². The molecule has 1 amide bonds. The van der Waals surface area contributed by atoms with Gasteiger partial charge in [0.05, 0.1) is 4.90 Å². The van der Waals surface area contributed by atoms with Crippen molar-refractivity contribution in [3.8, 4) is 0 Å². The van der Waals surface area contributed by atoms with Crippen molar-refractivity contribution in [3.63, 3.8) is 0 Å². The molecule has 0 saturated carbocycles. The summed E-state index contributed by atoms with van der Waals surface area (Å²) in [6.07, 6.45) is 3.19. The van der Waals surface area contributed by atoms with E-state index in [0.29, 0.717) is 18.8 Å². The van der Waals surface area contributed by atoms with Crippen molar-refractivity contribution in [1.29, 1.82) is 0 Å². The number of hydrogen-bond donors (Lipinski definition) is 3. The summed E-state index contributed by atoms with van der Waals surface area (Å²) in [6.45, 7) is 2.78. The molecule has 2 rings (SSSR count). The van der Waals surface area contributed by atoms with E-state index in [2.05, 4.69) is 17.0 Å². The van der Waals surface area contributed by atoms with E-state index in [1.165, 1.54) is 17.7 Å². The van der Waals surface area contributed by atoms with Crippen LogP contribution in [-0.2, 0) is 16.4 Å². The van der Waals surface area contributed by atoms with Gasteiger partial charge in [-0.2, -0.15) is 0 Å². The highest BCUT2D eigenvalue weighted by Gasteiger charge is 2.16. The number of sulfonamides is 1. The Kier molecular flexibility index (Phi) is 7.17. The van der Waals surface area contributed by atoms with Crippen LogP contribution < -0.4 is 15.8 Å². The minimum absolute atomic E-state index is 0.0351. The van der Waals surface area contributed by atoms with Gasteiger partial charge in [-0.3, -0.25) is 9.52 Å². The fraction of sp³-hybridized carbons (Fsp3) is 0.316. The molecule has 0 aliphatic carbocycles. The molecular formula is C19H25N3O3S. The summed E-state index contributed by atoms with van der Waals surface area (Å²) >= 11 is 0. The Balaban J connectivity index is 2.13. The third-order valence-electron chi connectivity index (χ3n) is 3.86. The predicted molar refractivity (Wildman–Crippen MR) is 104 cm³/mol. The van der Waals surface area contributed by atoms with Crippen molar-refractivity contribution < 1.29 is 13.2 Å². The smallest absolute Gasteiger partial charge is 0.261 e. The van der Waals surface area contributed by atoms with E-state index < -0.39 is 10.0 Å². The lowest BCUT2D eigenvalue weighted by molar-refractivity contribution is 0.0954. The highest BCUT2D eigenvalue weighted by Crippen LogP contribution is 2.18. The average Bonchev–Trinajstić information content (AvgIpc) is 2.65. The molecule has 0 saturated heterocycles. The SMILES string of the molecule is CCCCc1ccc(NS(=O)(=O)c2cccc(C(=O)NCCN)c2)cc1. The lowest BCUT2D eigenvalue weighted by Gasteiger charge is -2.10. The predicted octanol–water partition coefficient (Wildman–Crippen LogP) is 2.52. The second kappa shape index (κ2) is 9.35. The zero-order valence-corrected chi connectivity index (χ0v) is 15.7. The summed E-state index contributed by atoms with van der Waals surface area (Å²) in [5, 5.41) is 2.62. The number of rotatable bonds is 9. The number of nitrogens with one attached hydrogen (secondary N) is 2. The zero-order chi connectivity index (χ0) is 19.0. The van der Waals surface area contributed by atoms with Crippen LogP contribution in [0.5, 0.6) is 0 Å². The molecule has 26 heavy (non-hydrogen) atoms. The van der Waals surface area contributed by atoms with E-state index in [0.717, 1.165) is 19.3 Å². The molecule has 0 aliphatic heterocycles. The minimum atomic E-state index is -3.77. The second-order valence-corrected chi connectivity index (χ2v) is 7.66. The first-order valence-corrected chi connectivity index (χ1v) is 10.1. The van der Waals surface area contributed by atoms with Crippen LogP contribution in [0.1, 0.15) is 35.7 Å². The van der Waals surface area contributed by atoms with Gasteiger partial charge in [0.1, 0.15) is 0 Å². The maximum Gasteiger partial charge on any atom is 0.261 e. The number of aryl methyl sites for hydroxylation is 1. The molecule has 0 bridgehead atoms. The van der Waals surface area contributed by atoms with Crippen LogP contribution in [0.3, 0.4) is 0 Å². The lowest BCUT2D eigenvalue weighted by atomic mass is 10.1. The molecule has 0 heterocycles. The van der Waals surface area contributed by atoms with E-state index in [4.69, 9.17) is 5.73 Å². The number of amides is 1. The molecule has 0 radical (unpaired) electrons. The molecule has 2 aromatic carbocycles. The number of carbonyl (C=O) groups is 1. The Hall–Kier alpha value is -2.38. The highest BCUT2D eigenvalue weighted by atomic mass is 32.2. The summed E-state index contributed by atoms with van der Waals surface area (Å²) in [7, 11) is -3.77. The molecule has 0 fully saturated rings. The first-order chi connectivity index (χ1) is 12.5. The van der Waals surface area contributed by atoms with Gasteiger partial charge in [0.25, 0.3) is 15.9 Å². The third kappa shape index (κ3) is 5.57. The van der Waals surface area contributed by atoms with E-state index in [9.17, 15) is 13.2 Å². The monoisotopic (exact) mass is 375 g/mol. The Morgan fingerprint density at radius 3 is 2.50 bits per heavy atom. The largest absolute Gasteiger partial charge is 0.351 e. The molecule has 0 unspecified atom stereocenters. The molecule has 0 atom stereocenters. The minimum Gasteiger partial charge on any atom is -0.351 e. The topological polar surface area (TPSA) is 101 Å². The van der Waals surface area contributed by atoms with Gasteiger partial charge in [-0.25, -0.2) is 8.42 Å². The van der Waals surface area contributed by atoms with E-state index in [1.54, 1.807) is 24.3 Å². The first-order valence-electron chi connectivity index (χ1n) is 8.66. The molecular weight excluding hydrogens is 350 g/mol. The fourth-order valence-corrected chi connectivity index (χ4v) is 3.53. The van der Waals surface area contributed by atoms with Crippen molar-refractivity contribution in [2.45, 2.75) is 31.1 Å². The van der Waals surface area contributed by atoms with Crippen molar-refractivity contribution in [1.82, 2.24) is 5.32 Å². The van der Waals surface area contributed by atoms with Crippen LogP contribution in [0.15, 0.2) is 53.4 Å². The zero-order valence-electron chi connectivity index (χ0n) is 14.9. The molecule has 7 heteroatoms. The van der Waals surface area contributed by atoms with Crippen LogP contribution in [0.4, 0.5) is 5.69 Å². The normalized spacial score (nSPS) is 11.2. The van der Waals surface area contributed by atoms with Gasteiger partial charge in [-0.15, -0.1) is 0 Å². The molecule has 6 nitrogen and oxygen atoms in total. The quantitative estimate of drug-likeness (QED) is 0.627. The molecule has 2 aromatic rings. The number of benzene rings is 2. The van der Waals surface area contributed by atoms with Crippen molar-refractivity contribution in [2.75, 3.05) is 17.8 Å². The molecule has 4 N–H and O–H groups in total. The highest BCUT2D eigenvalue weighted by molar-refractivity contribution is 7.92. The summed E-state index contributed by atoms with van der Waals surface area (Å²) in [5.74, 6) is -0.354. The second-order valence-electron chi connectivity index (χ2n) is 5.98. The average molecular weight is 375 g/mol. The van der Waals surface area contributed by atoms with Gasteiger partial charge >= 0.3 is 0 Å². The van der Waals surface area contributed by atoms with Crippen molar-refractivity contribution in [3.05, 3.63) is 59.7 Å². The number of hydrogen-bond acceptors (Lipinski definition) is 4. The van der Waals surface area contributed by atoms with Gasteiger partial charge in [-0.05, 0) is 48.7 Å². The van der Waals surface area contributed by atoms with E-state index >= 15 is 0 Å². The van der Waals surface area contributed by atoms with Gasteiger partial charge in [0, 0.05) is 24.3 Å². The van der Waals surface area contributed by atoms with Crippen LogP contribution in [-0.4, -0.2) is 27.4 Å². The molecule has 0 aromatic heterocycles. The molecule has 0 spiro atoms. The van der Waals surface area contributed by atoms with Crippen LogP contribution in [0, 0.1) is 0 Å². The summed E-state index contributed by atoms with van der Waals surface area (Å²) in [4.78, 5) is 12.0. The third-order valence-corrected chi connectivity index (χ3v) is 5.24. The first kappa shape index (κ1) is 19.9. The number of anilines is 1. The number of nitrogens with two attached hydrogens (primary N) is 1. The molecule has 0 aliphatic rings. The standard InChI is InChI=1S/C19H25N3O3S/c1-2-3-5-15-8-10-17(11-9-15)22-26(24,25)18-7-4-6-16(14-18)19(23)21-13-12-20/h4,6-11,14,22H,2-3,5,12-13,20H2,1H3,(H,21,23). The Labute approximate surface area is 154 Å². The fourth-order valence-electron chi connectivity index (χ4n) is 2.43. The Morgan fingerprint density at radius 2 is 1.85 bits per heavy atom. The number of carbonyl (C=O) groups excluding carboxylic acids is 1. The summed E-state index contributed by atoms with van der Waals surface area (Å²) in [6, 6.07) is 13.3. The molecule has 140 valence electrons. The maximum atomic E-state index is 12.6. The van der Waals surface area contributed by atoms with E-state index in [1.807, 2.05) is 12.1 Å². The summed E-state index contributed by atoms with van der Waals surface area (Å²) < 4.78 is 27.7. The van der Waals surface area contributed by atoms with Crippen LogP contribution in [0.2, 0.25) is 0 Å². The summed E-state index contributed by atoms with van der Waals surface area (Å²) in [5.41, 5.74) is 7.29. The number of unbranched alkanes of at least 4 members (excludes halogenated alkanes) is 1. The van der Waals surface area contributed by atoms with Gasteiger partial charge in [0.2, 0.25) is 0 Å². The lowest BCUT2D eigenvalue weighted by Crippen LogP contribution is -2.29. The van der Waals surface area contributed by atoms with Gasteiger partial charge in [-0.1, -0.05) is 31.5 Å². The van der Waals surface area contributed by atoms with Crippen LogP contribution in [0.25, 0.3) is 0 Å². The van der Waals surface area contributed by atoms with Crippen LogP contribution >= 0.6 is 0 Å². The Morgan fingerprint density at radius 1 is 1.12 bits per heavy atom. The van der Waals surface area contributed by atoms with Gasteiger partial charge < -0.3 is 11.1 Å². The van der Waals surface area contributed by atoms with E-state index in [-0.39, 0.29) is 16.4 Å². The van der Waals surface area contributed by atoms with Crippen molar-refractivity contribution >= 4 is 21.6 Å². The Bertz CT molecular complexity index is 833. The maximum absolute atomic E-state index is 12.6. The van der Waals surface area contributed by atoms with Gasteiger partial charge in [0.15, 0.2) is 0 Å².